The summed E-state index contributed by atoms with van der Waals surface area (Å²) in [6.45, 7) is 5.69. The van der Waals surface area contributed by atoms with Gasteiger partial charge in [0.1, 0.15) is 11.9 Å². The van der Waals surface area contributed by atoms with Gasteiger partial charge in [-0.3, -0.25) is 24.4 Å². The molecule has 6 nitrogen and oxygen atoms in total. The van der Waals surface area contributed by atoms with Gasteiger partial charge in [-0.05, 0) is 75.0 Å². The van der Waals surface area contributed by atoms with Crippen LogP contribution in [-0.2, 0) is 16.1 Å². The maximum Gasteiger partial charge on any atom is 0.233 e. The first-order chi connectivity index (χ1) is 17.0. The van der Waals surface area contributed by atoms with E-state index in [0.717, 1.165) is 50.5 Å². The summed E-state index contributed by atoms with van der Waals surface area (Å²) in [4.78, 5) is 34.4. The van der Waals surface area contributed by atoms with Gasteiger partial charge < -0.3 is 4.74 Å². The van der Waals surface area contributed by atoms with E-state index >= 15 is 0 Å². The van der Waals surface area contributed by atoms with Crippen molar-refractivity contribution in [3.8, 4) is 16.9 Å². The van der Waals surface area contributed by atoms with Crippen molar-refractivity contribution in [1.82, 2.24) is 14.8 Å². The van der Waals surface area contributed by atoms with Gasteiger partial charge in [-0.1, -0.05) is 11.6 Å². The Labute approximate surface area is 212 Å². The van der Waals surface area contributed by atoms with Crippen molar-refractivity contribution in [2.75, 3.05) is 19.6 Å². The van der Waals surface area contributed by atoms with Crippen LogP contribution in [0.25, 0.3) is 21.3 Å². The molecule has 0 radical (unpaired) electrons. The molecule has 1 saturated carbocycles. The fourth-order valence-electron chi connectivity index (χ4n) is 6.12. The van der Waals surface area contributed by atoms with Gasteiger partial charge in [0, 0.05) is 33.8 Å². The number of likely N-dealkylation sites (tertiary alicyclic amines) is 1. The molecule has 0 spiro atoms. The third-order valence-electron chi connectivity index (χ3n) is 8.13. The van der Waals surface area contributed by atoms with E-state index in [1.165, 1.54) is 30.8 Å². The molecule has 6 heterocycles. The zero-order chi connectivity index (χ0) is 23.8. The molecular weight excluding hydrogens is 482 g/mol. The van der Waals surface area contributed by atoms with E-state index in [2.05, 4.69) is 16.8 Å². The summed E-state index contributed by atoms with van der Waals surface area (Å²) in [7, 11) is 0. The predicted molar refractivity (Wildman–Crippen MR) is 136 cm³/mol. The van der Waals surface area contributed by atoms with Crippen LogP contribution in [0.3, 0.4) is 0 Å². The minimum absolute atomic E-state index is 0.0238. The minimum Gasteiger partial charge on any atom is -0.488 e. The van der Waals surface area contributed by atoms with Gasteiger partial charge in [-0.15, -0.1) is 11.3 Å². The molecule has 180 valence electrons. The number of amides is 2. The van der Waals surface area contributed by atoms with Gasteiger partial charge in [0.2, 0.25) is 11.8 Å². The van der Waals surface area contributed by atoms with Crippen molar-refractivity contribution < 1.29 is 14.3 Å². The second-order valence-corrected chi connectivity index (χ2v) is 12.0. The van der Waals surface area contributed by atoms with Crippen LogP contribution in [0.1, 0.15) is 29.7 Å². The Morgan fingerprint density at radius 1 is 1.11 bits per heavy atom. The average molecular weight is 508 g/mol. The predicted octanol–water partition coefficient (Wildman–Crippen LogP) is 4.90. The number of thiophene rings is 1. The number of hydrogen-bond acceptors (Lipinski definition) is 6. The van der Waals surface area contributed by atoms with Crippen molar-refractivity contribution in [2.45, 2.75) is 38.8 Å². The highest BCUT2D eigenvalue weighted by Gasteiger charge is 2.58. The van der Waals surface area contributed by atoms with Crippen LogP contribution in [0.2, 0.25) is 5.02 Å². The van der Waals surface area contributed by atoms with Gasteiger partial charge in [0.15, 0.2) is 0 Å². The number of nitrogens with zero attached hydrogens (tertiary/aromatic N) is 3. The lowest BCUT2D eigenvalue weighted by Crippen LogP contribution is -2.52. The number of ether oxygens (including phenoxy) is 1. The highest BCUT2D eigenvalue weighted by molar-refractivity contribution is 7.19. The average Bonchev–Trinajstić information content (AvgIpc) is 3.49. The molecule has 5 aliphatic rings. The van der Waals surface area contributed by atoms with Gasteiger partial charge in [-0.2, -0.15) is 0 Å². The molecule has 2 bridgehead atoms. The number of carbonyl (C=O) groups excluding carboxylic acids is 2. The smallest absolute Gasteiger partial charge is 0.233 e. The molecule has 2 aromatic heterocycles. The first kappa shape index (κ1) is 21.8. The molecule has 0 N–H and O–H groups in total. The first-order valence-corrected chi connectivity index (χ1v) is 13.6. The number of hydrogen-bond donors (Lipinski definition) is 0. The largest absolute Gasteiger partial charge is 0.488 e. The summed E-state index contributed by atoms with van der Waals surface area (Å²) in [6, 6.07) is 7.97. The van der Waals surface area contributed by atoms with Crippen LogP contribution in [0.15, 0.2) is 30.5 Å². The number of aryl methyl sites for hydroxylation is 1. The van der Waals surface area contributed by atoms with Crippen LogP contribution in [0.5, 0.6) is 5.75 Å². The Kier molecular flexibility index (Phi) is 4.99. The van der Waals surface area contributed by atoms with Crippen molar-refractivity contribution in [2.24, 2.45) is 17.8 Å². The van der Waals surface area contributed by atoms with Crippen LogP contribution in [0, 0.1) is 24.7 Å². The lowest BCUT2D eigenvalue weighted by molar-refractivity contribution is -0.141. The summed E-state index contributed by atoms with van der Waals surface area (Å²) < 4.78 is 7.78. The summed E-state index contributed by atoms with van der Waals surface area (Å²) >= 11 is 8.13. The van der Waals surface area contributed by atoms with Crippen molar-refractivity contribution in [1.29, 1.82) is 0 Å². The van der Waals surface area contributed by atoms with Crippen LogP contribution >= 0.6 is 22.9 Å². The minimum atomic E-state index is -0.0777. The molecule has 8 rings (SSSR count). The number of aromatic nitrogens is 1. The number of rotatable bonds is 5. The van der Waals surface area contributed by atoms with E-state index in [4.69, 9.17) is 16.3 Å². The third kappa shape index (κ3) is 3.59. The molecule has 4 aliphatic heterocycles. The van der Waals surface area contributed by atoms with Crippen molar-refractivity contribution in [3.63, 3.8) is 0 Å². The Morgan fingerprint density at radius 3 is 2.60 bits per heavy atom. The molecule has 4 saturated heterocycles. The fraction of sp³-hybridized carbons (Fsp3) is 0.444. The number of benzene rings is 1. The molecular formula is C27H26ClN3O3S. The molecule has 3 atom stereocenters. The van der Waals surface area contributed by atoms with Crippen LogP contribution in [-0.4, -0.2) is 52.3 Å². The van der Waals surface area contributed by atoms with Gasteiger partial charge in [0.25, 0.3) is 0 Å². The summed E-state index contributed by atoms with van der Waals surface area (Å²) in [5, 5.41) is 0.674. The van der Waals surface area contributed by atoms with E-state index in [1.807, 2.05) is 30.5 Å². The maximum atomic E-state index is 12.5. The second kappa shape index (κ2) is 8.02. The summed E-state index contributed by atoms with van der Waals surface area (Å²) in [5.41, 5.74) is 3.88. The zero-order valence-electron chi connectivity index (χ0n) is 19.5. The lowest BCUT2D eigenvalue weighted by atomic mass is 9.85. The van der Waals surface area contributed by atoms with E-state index in [9.17, 15) is 9.59 Å². The number of piperidine rings is 4. The van der Waals surface area contributed by atoms with E-state index in [-0.39, 0.29) is 29.8 Å². The molecule has 2 amide bonds. The monoisotopic (exact) mass is 507 g/mol. The maximum absolute atomic E-state index is 12.5. The first-order valence-electron chi connectivity index (χ1n) is 12.4. The summed E-state index contributed by atoms with van der Waals surface area (Å²) in [5.74, 6) is 1.28. The number of halogens is 1. The van der Waals surface area contributed by atoms with Gasteiger partial charge >= 0.3 is 0 Å². The molecule has 3 unspecified atom stereocenters. The molecule has 3 aromatic rings. The summed E-state index contributed by atoms with van der Waals surface area (Å²) in [6.07, 6.45) is 5.10. The number of fused-ring (bicyclic) bond motifs is 5. The Morgan fingerprint density at radius 2 is 1.89 bits per heavy atom. The highest BCUT2D eigenvalue weighted by atomic mass is 35.5. The van der Waals surface area contributed by atoms with Crippen molar-refractivity contribution in [3.05, 3.63) is 45.9 Å². The Bertz CT molecular complexity index is 1360. The number of imide groups is 1. The van der Waals surface area contributed by atoms with Crippen molar-refractivity contribution >= 4 is 45.0 Å². The Hall–Kier alpha value is -2.48. The number of carbonyl (C=O) groups is 2. The third-order valence-corrected chi connectivity index (χ3v) is 9.49. The molecule has 5 fully saturated rings. The van der Waals surface area contributed by atoms with Gasteiger partial charge in [0.05, 0.1) is 28.6 Å². The molecule has 35 heavy (non-hydrogen) atoms. The van der Waals surface area contributed by atoms with Crippen LogP contribution < -0.4 is 4.74 Å². The number of pyridine rings is 1. The topological polar surface area (TPSA) is 62.7 Å². The van der Waals surface area contributed by atoms with Gasteiger partial charge in [-0.25, -0.2) is 0 Å². The SMILES string of the molecule is Cc1cc(Cl)cc(-c2ccnc3cc(CN4C(=O)C5CC5C4=O)sc23)c1OC1CN2CCC1CC2. The molecule has 1 aromatic carbocycles. The van der Waals surface area contributed by atoms with E-state index in [1.54, 1.807) is 11.3 Å². The molecule has 8 heteroatoms. The van der Waals surface area contributed by atoms with E-state index < -0.39 is 0 Å². The standard InChI is InChI=1S/C27H26ClN3O3S/c1-14-8-16(28)9-19(24(14)34-23-13-30-6-3-15(23)4-7-30)18-2-5-29-22-10-17(35-25(18)22)12-31-26(32)20-11-21(20)27(31)33/h2,5,8-10,15,20-21,23H,3-4,6-7,11-13H2,1H3. The lowest BCUT2D eigenvalue weighted by Gasteiger charge is -2.44. The van der Waals surface area contributed by atoms with E-state index in [0.29, 0.717) is 17.5 Å². The quantitative estimate of drug-likeness (QED) is 0.459. The second-order valence-electron chi connectivity index (χ2n) is 10.4. The van der Waals surface area contributed by atoms with Crippen LogP contribution in [0.4, 0.5) is 0 Å². The highest BCUT2D eigenvalue weighted by Crippen LogP contribution is 2.48. The fourth-order valence-corrected chi connectivity index (χ4v) is 7.52. The normalized spacial score (nSPS) is 29.2. The Balaban J connectivity index is 1.26. The molecule has 1 aliphatic carbocycles. The zero-order valence-corrected chi connectivity index (χ0v) is 21.1.